The summed E-state index contributed by atoms with van der Waals surface area (Å²) in [5, 5.41) is 2.44. The predicted octanol–water partition coefficient (Wildman–Crippen LogP) is 3.89. The highest BCUT2D eigenvalue weighted by molar-refractivity contribution is 7.80. The standard InChI is InChI=1S/C30H44N4O6S/c1-21(2)15-16-26(35)33(34(30(37)22(3)31)27-20-24(41)17-19-38-27)25(13-9-12-23-10-5-4-6-11-23)29(36)32-40-28-14-7-8-18-39-28/h4-6,9-12,21-22,25,27-28H,7-8,13-20,31H2,1-3H3,(H,32,36)/t22-,25-,27+,28?/m1/s1. The van der Waals surface area contributed by atoms with Crippen LogP contribution in [0.25, 0.3) is 6.08 Å². The van der Waals surface area contributed by atoms with E-state index in [0.29, 0.717) is 32.5 Å². The Labute approximate surface area is 248 Å². The first-order valence-electron chi connectivity index (χ1n) is 14.5. The number of hydrogen-bond acceptors (Lipinski definition) is 8. The van der Waals surface area contributed by atoms with Crippen molar-refractivity contribution in [2.24, 2.45) is 11.7 Å². The summed E-state index contributed by atoms with van der Waals surface area (Å²) >= 11 is 5.47. The fourth-order valence-electron chi connectivity index (χ4n) is 4.60. The third-order valence-corrected chi connectivity index (χ3v) is 7.27. The Hall–Kier alpha value is -2.70. The summed E-state index contributed by atoms with van der Waals surface area (Å²) in [5.74, 6) is -1.29. The number of hydrogen-bond donors (Lipinski definition) is 2. The molecule has 1 aromatic rings. The second-order valence-corrected chi connectivity index (χ2v) is 11.5. The third kappa shape index (κ3) is 10.3. The number of rotatable bonds is 12. The SMILES string of the molecule is CC(C)CCC(=O)N([C@H](CC=Cc1ccccc1)C(=O)NOC1CCCCO1)N(C(=O)[C@@H](C)N)[C@@H]1CC(=S)CCO1. The van der Waals surface area contributed by atoms with Gasteiger partial charge in [-0.15, -0.1) is 0 Å². The van der Waals surface area contributed by atoms with Crippen molar-refractivity contribution in [1.82, 2.24) is 15.5 Å². The maximum atomic E-state index is 14.0. The Bertz CT molecular complexity index is 1040. The molecule has 226 valence electrons. The topological polar surface area (TPSA) is 123 Å². The number of carbonyl (C=O) groups excluding carboxylic acids is 3. The molecule has 2 aliphatic heterocycles. The molecule has 2 saturated heterocycles. The van der Waals surface area contributed by atoms with E-state index in [-0.39, 0.29) is 25.2 Å². The van der Waals surface area contributed by atoms with Gasteiger partial charge in [-0.3, -0.25) is 14.4 Å². The fraction of sp³-hybridized carbons (Fsp3) is 0.600. The molecule has 0 spiro atoms. The van der Waals surface area contributed by atoms with Crippen LogP contribution in [0.1, 0.15) is 77.7 Å². The fourth-order valence-corrected chi connectivity index (χ4v) is 4.82. The molecular weight excluding hydrogens is 544 g/mol. The first-order valence-corrected chi connectivity index (χ1v) is 14.9. The Morgan fingerprint density at radius 3 is 2.54 bits per heavy atom. The van der Waals surface area contributed by atoms with Crippen LogP contribution in [0.4, 0.5) is 0 Å². The molecule has 0 radical (unpaired) electrons. The van der Waals surface area contributed by atoms with Crippen LogP contribution in [0.5, 0.6) is 0 Å². The second-order valence-electron chi connectivity index (χ2n) is 10.9. The van der Waals surface area contributed by atoms with Crippen LogP contribution in [0, 0.1) is 5.92 Å². The monoisotopic (exact) mass is 588 g/mol. The molecule has 2 fully saturated rings. The van der Waals surface area contributed by atoms with Crippen molar-refractivity contribution in [2.45, 2.75) is 96.7 Å². The van der Waals surface area contributed by atoms with Crippen LogP contribution in [-0.2, 0) is 28.7 Å². The van der Waals surface area contributed by atoms with Crippen LogP contribution in [0.15, 0.2) is 36.4 Å². The molecule has 4 atom stereocenters. The van der Waals surface area contributed by atoms with Gasteiger partial charge >= 0.3 is 0 Å². The molecule has 1 aromatic carbocycles. The van der Waals surface area contributed by atoms with Gasteiger partial charge in [-0.1, -0.05) is 68.5 Å². The number of benzene rings is 1. The molecule has 3 amide bonds. The van der Waals surface area contributed by atoms with Gasteiger partial charge in [0, 0.05) is 32.3 Å². The smallest absolute Gasteiger partial charge is 0.268 e. The Kier molecular flexibility index (Phi) is 13.3. The predicted molar refractivity (Wildman–Crippen MR) is 160 cm³/mol. The van der Waals surface area contributed by atoms with Gasteiger partial charge in [0.1, 0.15) is 6.04 Å². The van der Waals surface area contributed by atoms with E-state index in [4.69, 9.17) is 32.3 Å². The number of amides is 3. The second kappa shape index (κ2) is 16.7. The first-order chi connectivity index (χ1) is 19.7. The normalized spacial score (nSPS) is 21.0. The molecule has 2 heterocycles. The van der Waals surface area contributed by atoms with Gasteiger partial charge in [-0.25, -0.2) is 20.3 Å². The number of nitrogens with zero attached hydrogens (tertiary/aromatic N) is 2. The van der Waals surface area contributed by atoms with Gasteiger partial charge < -0.3 is 15.2 Å². The van der Waals surface area contributed by atoms with E-state index < -0.39 is 42.3 Å². The molecule has 0 bridgehead atoms. The van der Waals surface area contributed by atoms with Crippen LogP contribution in [0.3, 0.4) is 0 Å². The molecule has 0 saturated carbocycles. The summed E-state index contributed by atoms with van der Waals surface area (Å²) in [4.78, 5) is 47.7. The lowest BCUT2D eigenvalue weighted by Crippen LogP contribution is -2.65. The van der Waals surface area contributed by atoms with E-state index in [0.717, 1.165) is 23.3 Å². The van der Waals surface area contributed by atoms with Crippen LogP contribution in [0.2, 0.25) is 0 Å². The molecule has 10 nitrogen and oxygen atoms in total. The van der Waals surface area contributed by atoms with Crippen molar-refractivity contribution in [3.8, 4) is 0 Å². The van der Waals surface area contributed by atoms with Gasteiger partial charge in [-0.2, -0.15) is 0 Å². The van der Waals surface area contributed by atoms with E-state index in [1.165, 1.54) is 10.0 Å². The summed E-state index contributed by atoms with van der Waals surface area (Å²) in [6.07, 6.45) is 6.32. The molecule has 2 aliphatic rings. The van der Waals surface area contributed by atoms with Gasteiger partial charge in [0.15, 0.2) is 12.5 Å². The van der Waals surface area contributed by atoms with Crippen LogP contribution >= 0.6 is 12.2 Å². The molecule has 41 heavy (non-hydrogen) atoms. The maximum absolute atomic E-state index is 14.0. The first kappa shape index (κ1) is 32.8. The van der Waals surface area contributed by atoms with E-state index in [9.17, 15) is 14.4 Å². The van der Waals surface area contributed by atoms with E-state index in [1.807, 2.05) is 50.3 Å². The van der Waals surface area contributed by atoms with Gasteiger partial charge in [0.2, 0.25) is 5.91 Å². The highest BCUT2D eigenvalue weighted by Crippen LogP contribution is 2.24. The minimum absolute atomic E-state index is 0.100. The zero-order valence-electron chi connectivity index (χ0n) is 24.3. The molecule has 0 aromatic heterocycles. The lowest BCUT2D eigenvalue weighted by atomic mass is 10.1. The zero-order chi connectivity index (χ0) is 29.8. The average Bonchev–Trinajstić information content (AvgIpc) is 2.96. The Morgan fingerprint density at radius 1 is 1.15 bits per heavy atom. The van der Waals surface area contributed by atoms with Crippen molar-refractivity contribution in [3.63, 3.8) is 0 Å². The van der Waals surface area contributed by atoms with Crippen LogP contribution in [-0.4, -0.2) is 70.4 Å². The van der Waals surface area contributed by atoms with E-state index >= 15 is 0 Å². The summed E-state index contributed by atoms with van der Waals surface area (Å²) in [6.45, 7) is 6.40. The summed E-state index contributed by atoms with van der Waals surface area (Å²) in [7, 11) is 0. The minimum Gasteiger partial charge on any atom is -0.356 e. The lowest BCUT2D eigenvalue weighted by molar-refractivity contribution is -0.215. The Balaban J connectivity index is 1.99. The van der Waals surface area contributed by atoms with E-state index in [1.54, 1.807) is 13.0 Å². The number of nitrogens with one attached hydrogen (secondary N) is 1. The lowest BCUT2D eigenvalue weighted by Gasteiger charge is -2.45. The molecule has 1 unspecified atom stereocenters. The van der Waals surface area contributed by atoms with Gasteiger partial charge in [0.25, 0.3) is 11.8 Å². The number of hydroxylamine groups is 1. The van der Waals surface area contributed by atoms with Gasteiger partial charge in [0.05, 0.1) is 12.6 Å². The largest absolute Gasteiger partial charge is 0.356 e. The van der Waals surface area contributed by atoms with Crippen LogP contribution < -0.4 is 11.2 Å². The Morgan fingerprint density at radius 2 is 1.90 bits per heavy atom. The van der Waals surface area contributed by atoms with Gasteiger partial charge in [-0.05, 0) is 49.0 Å². The zero-order valence-corrected chi connectivity index (χ0v) is 25.1. The van der Waals surface area contributed by atoms with E-state index in [2.05, 4.69) is 5.48 Å². The number of hydrazine groups is 1. The molecular formula is C30H44N4O6S. The van der Waals surface area contributed by atoms with Crippen molar-refractivity contribution < 1.29 is 28.7 Å². The van der Waals surface area contributed by atoms with Crippen molar-refractivity contribution in [2.75, 3.05) is 13.2 Å². The minimum atomic E-state index is -1.14. The quantitative estimate of drug-likeness (QED) is 0.279. The summed E-state index contributed by atoms with van der Waals surface area (Å²) in [6, 6.07) is 7.52. The van der Waals surface area contributed by atoms with Crippen molar-refractivity contribution in [1.29, 1.82) is 0 Å². The summed E-state index contributed by atoms with van der Waals surface area (Å²) < 4.78 is 11.6. The highest BCUT2D eigenvalue weighted by Gasteiger charge is 2.42. The number of nitrogens with two attached hydrogens (primary N) is 1. The van der Waals surface area contributed by atoms with Crippen molar-refractivity contribution in [3.05, 3.63) is 42.0 Å². The number of carbonyl (C=O) groups is 3. The summed E-state index contributed by atoms with van der Waals surface area (Å²) in [5.41, 5.74) is 9.51. The maximum Gasteiger partial charge on any atom is 0.268 e. The third-order valence-electron chi connectivity index (χ3n) is 6.90. The number of ether oxygens (including phenoxy) is 2. The highest BCUT2D eigenvalue weighted by atomic mass is 32.1. The number of thiocarbonyl (C=S) groups is 1. The molecule has 11 heteroatoms. The van der Waals surface area contributed by atoms with Crippen molar-refractivity contribution >= 4 is 40.9 Å². The molecule has 3 N–H and O–H groups in total. The molecule has 3 rings (SSSR count). The molecule has 0 aliphatic carbocycles. The average molecular weight is 589 g/mol.